The fourth-order valence-electron chi connectivity index (χ4n) is 2.72. The Morgan fingerprint density at radius 2 is 2.25 bits per heavy atom. The fraction of sp³-hybridized carbons (Fsp3) is 0.421. The molecule has 1 aliphatic heterocycles. The first-order chi connectivity index (χ1) is 11.5. The molecule has 1 aliphatic rings. The highest BCUT2D eigenvalue weighted by atomic mass is 16.2. The second-order valence-corrected chi connectivity index (χ2v) is 6.08. The van der Waals surface area contributed by atoms with E-state index in [0.29, 0.717) is 12.4 Å². The van der Waals surface area contributed by atoms with Crippen LogP contribution in [0.2, 0.25) is 0 Å². The molecule has 1 aromatic rings. The smallest absolute Gasteiger partial charge is 0.230 e. The molecule has 2 N–H and O–H groups in total. The van der Waals surface area contributed by atoms with Crippen LogP contribution in [0.15, 0.2) is 35.3 Å². The molecule has 0 radical (unpaired) electrons. The number of aryl methyl sites for hydroxylation is 1. The summed E-state index contributed by atoms with van der Waals surface area (Å²) in [5, 5.41) is 5.48. The summed E-state index contributed by atoms with van der Waals surface area (Å²) in [7, 11) is 1.64. The normalized spacial score (nSPS) is 18.5. The molecule has 1 unspecified atom stereocenters. The number of benzene rings is 1. The molecule has 2 rings (SSSR count). The van der Waals surface area contributed by atoms with Gasteiger partial charge in [-0.05, 0) is 36.1 Å². The molecule has 1 fully saturated rings. The summed E-state index contributed by atoms with van der Waals surface area (Å²) < 4.78 is 0. The Morgan fingerprint density at radius 1 is 1.46 bits per heavy atom. The van der Waals surface area contributed by atoms with Gasteiger partial charge in [0, 0.05) is 20.0 Å². The molecule has 1 atom stereocenters. The number of carbonyl (C=O) groups excluding carboxylic acids is 2. The van der Waals surface area contributed by atoms with Gasteiger partial charge < -0.3 is 10.6 Å². The molecule has 5 heteroatoms. The van der Waals surface area contributed by atoms with Gasteiger partial charge in [-0.3, -0.25) is 14.6 Å². The van der Waals surface area contributed by atoms with Gasteiger partial charge in [-0.1, -0.05) is 37.6 Å². The quantitative estimate of drug-likeness (QED) is 0.643. The van der Waals surface area contributed by atoms with Gasteiger partial charge in [-0.2, -0.15) is 0 Å². The Balaban J connectivity index is 2.07. The molecule has 1 aromatic carbocycles. The third-order valence-corrected chi connectivity index (χ3v) is 4.11. The highest BCUT2D eigenvalue weighted by molar-refractivity contribution is 6.08. The van der Waals surface area contributed by atoms with Gasteiger partial charge in [-0.25, -0.2) is 0 Å². The molecule has 0 aromatic heterocycles. The number of amidine groups is 1. The average Bonchev–Trinajstić information content (AvgIpc) is 3.01. The number of nitrogens with zero attached hydrogens (tertiary/aromatic N) is 1. The van der Waals surface area contributed by atoms with E-state index in [2.05, 4.69) is 46.8 Å². The standard InChI is InChI=1S/C19H25N3O2/c1-4-6-14-7-5-8-15(10-14)13(2)9-17(20-3)22-19(24)16-11-18(23)21-12-16/h5,7-10,16H,4,6,11-12H2,1-3H3,(H,21,23)(H,20,22,24)/b13-9+. The van der Waals surface area contributed by atoms with Crippen LogP contribution >= 0.6 is 0 Å². The summed E-state index contributed by atoms with van der Waals surface area (Å²) in [6.45, 7) is 4.56. The second kappa shape index (κ2) is 8.43. The Kier molecular flexibility index (Phi) is 6.29. The van der Waals surface area contributed by atoms with Gasteiger partial charge in [0.25, 0.3) is 0 Å². The largest absolute Gasteiger partial charge is 0.355 e. The summed E-state index contributed by atoms with van der Waals surface area (Å²) in [4.78, 5) is 27.6. The third-order valence-electron chi connectivity index (χ3n) is 4.11. The molecule has 0 bridgehead atoms. The van der Waals surface area contributed by atoms with Crippen molar-refractivity contribution >= 4 is 23.2 Å². The van der Waals surface area contributed by atoms with Crippen molar-refractivity contribution in [3.8, 4) is 0 Å². The number of nitrogens with one attached hydrogen (secondary N) is 2. The van der Waals surface area contributed by atoms with Gasteiger partial charge in [-0.15, -0.1) is 0 Å². The van der Waals surface area contributed by atoms with Crippen molar-refractivity contribution in [2.45, 2.75) is 33.1 Å². The van der Waals surface area contributed by atoms with Gasteiger partial charge in [0.1, 0.15) is 5.84 Å². The number of aliphatic imine (C=N–C) groups is 1. The van der Waals surface area contributed by atoms with Crippen molar-refractivity contribution in [3.05, 3.63) is 41.5 Å². The van der Waals surface area contributed by atoms with E-state index in [1.165, 1.54) is 5.56 Å². The van der Waals surface area contributed by atoms with Crippen LogP contribution in [0.4, 0.5) is 0 Å². The second-order valence-electron chi connectivity index (χ2n) is 6.08. The average molecular weight is 327 g/mol. The minimum Gasteiger partial charge on any atom is -0.355 e. The molecule has 5 nitrogen and oxygen atoms in total. The van der Waals surface area contributed by atoms with E-state index >= 15 is 0 Å². The lowest BCUT2D eigenvalue weighted by atomic mass is 10.0. The topological polar surface area (TPSA) is 70.6 Å². The van der Waals surface area contributed by atoms with Crippen LogP contribution in [-0.2, 0) is 16.0 Å². The van der Waals surface area contributed by atoms with Gasteiger partial charge in [0.05, 0.1) is 5.92 Å². The van der Waals surface area contributed by atoms with Crippen LogP contribution in [0.1, 0.15) is 37.8 Å². The molecular weight excluding hydrogens is 302 g/mol. The van der Waals surface area contributed by atoms with Crippen LogP contribution in [0.25, 0.3) is 5.57 Å². The third kappa shape index (κ3) is 4.78. The molecule has 2 amide bonds. The Hall–Kier alpha value is -2.43. The summed E-state index contributed by atoms with van der Waals surface area (Å²) in [6.07, 6.45) is 4.27. The van der Waals surface area contributed by atoms with Crippen molar-refractivity contribution in [3.63, 3.8) is 0 Å². The Morgan fingerprint density at radius 3 is 2.88 bits per heavy atom. The van der Waals surface area contributed by atoms with Crippen LogP contribution < -0.4 is 10.6 Å². The number of rotatable bonds is 5. The number of allylic oxidation sites excluding steroid dienone is 1. The van der Waals surface area contributed by atoms with E-state index in [0.717, 1.165) is 24.0 Å². The maximum Gasteiger partial charge on any atom is 0.230 e. The molecule has 0 saturated carbocycles. The lowest BCUT2D eigenvalue weighted by Crippen LogP contribution is -2.35. The van der Waals surface area contributed by atoms with Crippen LogP contribution in [0.5, 0.6) is 0 Å². The number of hydrogen-bond acceptors (Lipinski definition) is 3. The van der Waals surface area contributed by atoms with Crippen molar-refractivity contribution in [2.24, 2.45) is 10.9 Å². The molecule has 1 heterocycles. The summed E-state index contributed by atoms with van der Waals surface area (Å²) in [6, 6.07) is 8.40. The zero-order valence-electron chi connectivity index (χ0n) is 14.6. The Bertz CT molecular complexity index is 677. The van der Waals surface area contributed by atoms with E-state index in [1.54, 1.807) is 7.05 Å². The van der Waals surface area contributed by atoms with Crippen molar-refractivity contribution in [1.29, 1.82) is 0 Å². The molecule has 1 saturated heterocycles. The van der Waals surface area contributed by atoms with Crippen molar-refractivity contribution in [1.82, 2.24) is 10.6 Å². The molecule has 0 aliphatic carbocycles. The first kappa shape index (κ1) is 17.9. The maximum absolute atomic E-state index is 12.2. The van der Waals surface area contributed by atoms with Crippen LogP contribution in [-0.4, -0.2) is 31.2 Å². The summed E-state index contributed by atoms with van der Waals surface area (Å²) in [5.74, 6) is -0.0593. The minimum atomic E-state index is -0.323. The van der Waals surface area contributed by atoms with Crippen molar-refractivity contribution in [2.75, 3.05) is 13.6 Å². The maximum atomic E-state index is 12.2. The zero-order chi connectivity index (χ0) is 17.5. The first-order valence-corrected chi connectivity index (χ1v) is 8.35. The van der Waals surface area contributed by atoms with Crippen molar-refractivity contribution < 1.29 is 9.59 Å². The monoisotopic (exact) mass is 327 g/mol. The number of amides is 2. The lowest BCUT2D eigenvalue weighted by molar-refractivity contribution is -0.125. The number of hydrogen-bond donors (Lipinski definition) is 2. The van der Waals surface area contributed by atoms with E-state index in [4.69, 9.17) is 0 Å². The highest BCUT2D eigenvalue weighted by Gasteiger charge is 2.28. The fourth-order valence-corrected chi connectivity index (χ4v) is 2.72. The molecule has 128 valence electrons. The van der Waals surface area contributed by atoms with E-state index in [-0.39, 0.29) is 24.2 Å². The highest BCUT2D eigenvalue weighted by Crippen LogP contribution is 2.16. The summed E-state index contributed by atoms with van der Waals surface area (Å²) >= 11 is 0. The molecular formula is C19H25N3O2. The minimum absolute atomic E-state index is 0.0791. The SMILES string of the molecule is CCCc1cccc(/C(C)=C/C(=N\C)NC(=O)C2CNC(=O)C2)c1. The predicted molar refractivity (Wildman–Crippen MR) is 96.7 cm³/mol. The first-order valence-electron chi connectivity index (χ1n) is 8.35. The number of carbonyl (C=O) groups is 2. The van der Waals surface area contributed by atoms with E-state index in [9.17, 15) is 9.59 Å². The van der Waals surface area contributed by atoms with E-state index in [1.807, 2.05) is 13.0 Å². The van der Waals surface area contributed by atoms with Gasteiger partial charge in [0.15, 0.2) is 0 Å². The molecule has 24 heavy (non-hydrogen) atoms. The Labute approximate surface area is 143 Å². The zero-order valence-corrected chi connectivity index (χ0v) is 14.6. The molecule has 0 spiro atoms. The lowest BCUT2D eigenvalue weighted by Gasteiger charge is -2.10. The van der Waals surface area contributed by atoms with Gasteiger partial charge >= 0.3 is 0 Å². The van der Waals surface area contributed by atoms with Crippen LogP contribution in [0, 0.1) is 5.92 Å². The van der Waals surface area contributed by atoms with E-state index < -0.39 is 0 Å². The predicted octanol–water partition coefficient (Wildman–Crippen LogP) is 2.32. The van der Waals surface area contributed by atoms with Gasteiger partial charge in [0.2, 0.25) is 11.8 Å². The summed E-state index contributed by atoms with van der Waals surface area (Å²) in [5.41, 5.74) is 3.46. The van der Waals surface area contributed by atoms with Crippen LogP contribution in [0.3, 0.4) is 0 Å².